The van der Waals surface area contributed by atoms with Gasteiger partial charge >= 0.3 is 8.15 Å². The number of hydrogen-bond acceptors (Lipinski definition) is 15. The third kappa shape index (κ3) is 5.33. The van der Waals surface area contributed by atoms with Gasteiger partial charge in [0.2, 0.25) is 0 Å². The second-order valence-corrected chi connectivity index (χ2v) is 13.5. The van der Waals surface area contributed by atoms with Crippen LogP contribution in [0.2, 0.25) is 0 Å². The van der Waals surface area contributed by atoms with Gasteiger partial charge in [-0.05, 0) is 23.9 Å². The summed E-state index contributed by atoms with van der Waals surface area (Å²) in [6.45, 7) is -4.83. The lowest BCUT2D eigenvalue weighted by molar-refractivity contribution is -0.0594. The number of nitrogen functional groups attached to an aromatic ring is 1. The molecule has 17 nitrogen and oxygen atoms in total. The zero-order valence-corrected chi connectivity index (χ0v) is 23.9. The van der Waals surface area contributed by atoms with Gasteiger partial charge in [-0.2, -0.15) is 0 Å². The van der Waals surface area contributed by atoms with Gasteiger partial charge in [0.15, 0.2) is 23.9 Å². The van der Waals surface area contributed by atoms with E-state index in [1.54, 1.807) is 4.57 Å². The minimum absolute atomic E-state index is 0. The SMILES string of the molecule is [BH3-]P1(=O)OC[C@H]2O[C@@H](n3cnc4c(N)ncnc43)[C@@H](OP(O)(=S)OC[C@H]3O[C@@H](n4cnc5ccccc54)C(O)[C@H]3O1)C2O.[H+]. The predicted molar refractivity (Wildman–Crippen MR) is 156 cm³/mol. The van der Waals surface area contributed by atoms with E-state index >= 15 is 0 Å². The summed E-state index contributed by atoms with van der Waals surface area (Å²) in [5.74, 6) is 0.130. The number of anilines is 1. The molecule has 21 heteroatoms. The number of aliphatic hydroxyl groups excluding tert-OH is 2. The lowest BCUT2D eigenvalue weighted by atomic mass is 10.1. The average Bonchev–Trinajstić information content (AvgIpc) is 3.72. The lowest BCUT2D eigenvalue weighted by Gasteiger charge is -2.29. The van der Waals surface area contributed by atoms with E-state index in [4.69, 9.17) is 45.1 Å². The van der Waals surface area contributed by atoms with Gasteiger partial charge in [-0.15, -0.1) is 0 Å². The number of para-hydroxylation sites is 2. The molecule has 4 aromatic rings. The van der Waals surface area contributed by atoms with Crippen molar-refractivity contribution >= 4 is 61.6 Å². The first-order valence-corrected chi connectivity index (χ1v) is 16.3. The molecular weight excluding hydrogens is 627 g/mol. The van der Waals surface area contributed by atoms with Crippen LogP contribution in [0.15, 0.2) is 43.2 Å². The number of hydrogen-bond donors (Lipinski definition) is 4. The Labute approximate surface area is 250 Å². The number of aromatic nitrogens is 6. The highest BCUT2D eigenvalue weighted by Gasteiger charge is 2.52. The van der Waals surface area contributed by atoms with E-state index in [2.05, 4.69) is 19.9 Å². The fourth-order valence-electron chi connectivity index (χ4n) is 5.26. The number of nitrogens with zero attached hydrogens (tertiary/aromatic N) is 6. The van der Waals surface area contributed by atoms with Crippen LogP contribution in [0.4, 0.5) is 5.82 Å². The van der Waals surface area contributed by atoms with Gasteiger partial charge in [-0.1, -0.05) is 12.1 Å². The van der Waals surface area contributed by atoms with Gasteiger partial charge in [0.05, 0.1) is 44.5 Å². The number of ether oxygens (including phenoxy) is 2. The summed E-state index contributed by atoms with van der Waals surface area (Å²) in [7, 11) is -4.79. The first kappa shape index (κ1) is 29.3. The molecule has 43 heavy (non-hydrogen) atoms. The Kier molecular flexibility index (Phi) is 7.44. The molecule has 5 N–H and O–H groups in total. The molecule has 2 bridgehead atoms. The van der Waals surface area contributed by atoms with Gasteiger partial charge in [0.1, 0.15) is 55.9 Å². The van der Waals surface area contributed by atoms with Crippen molar-refractivity contribution in [3.63, 3.8) is 0 Å². The molecule has 3 fully saturated rings. The minimum Gasteiger partial charge on any atom is -0.387 e. The second-order valence-electron chi connectivity index (χ2n) is 9.76. The molecule has 0 radical (unpaired) electrons. The maximum absolute atomic E-state index is 13.6. The molecule has 3 saturated heterocycles. The minimum atomic E-state index is -4.09. The van der Waals surface area contributed by atoms with Crippen LogP contribution in [-0.2, 0) is 43.9 Å². The van der Waals surface area contributed by atoms with Crippen LogP contribution in [-0.4, -0.2) is 102 Å². The smallest absolute Gasteiger partial charge is 0.387 e. The Hall–Kier alpha value is -2.38. The molecule has 0 saturated carbocycles. The van der Waals surface area contributed by atoms with E-state index in [0.717, 1.165) is 0 Å². The van der Waals surface area contributed by atoms with Gasteiger partial charge in [-0.3, -0.25) is 9.09 Å². The summed E-state index contributed by atoms with van der Waals surface area (Å²) in [5.41, 5.74) is 7.88. The van der Waals surface area contributed by atoms with Crippen molar-refractivity contribution in [2.75, 3.05) is 18.9 Å². The first-order chi connectivity index (χ1) is 20.5. The monoisotopic (exact) mass is 655 g/mol. The van der Waals surface area contributed by atoms with Crippen LogP contribution in [0, 0.1) is 0 Å². The maximum Gasteiger partial charge on any atom is 1.00 e. The van der Waals surface area contributed by atoms with Gasteiger partial charge in [0, 0.05) is 0 Å². The van der Waals surface area contributed by atoms with Crippen LogP contribution < -0.4 is 5.73 Å². The molecule has 0 amide bonds. The molecule has 1 aromatic carbocycles. The number of benzene rings is 1. The van der Waals surface area contributed by atoms with E-state index in [9.17, 15) is 19.7 Å². The fraction of sp³-hybridized carbons (Fsp3) is 0.455. The highest BCUT2D eigenvalue weighted by atomic mass is 32.5. The largest absolute Gasteiger partial charge is 1.00 e. The molecule has 7 rings (SSSR count). The van der Waals surface area contributed by atoms with Crippen LogP contribution in [0.3, 0.4) is 0 Å². The topological polar surface area (TPSA) is 221 Å². The van der Waals surface area contributed by atoms with E-state index in [1.165, 1.54) is 23.5 Å². The van der Waals surface area contributed by atoms with Crippen LogP contribution in [0.5, 0.6) is 0 Å². The highest BCUT2D eigenvalue weighted by molar-refractivity contribution is 8.07. The Morgan fingerprint density at radius 1 is 0.953 bits per heavy atom. The average molecular weight is 655 g/mol. The first-order valence-electron chi connectivity index (χ1n) is 12.6. The number of rotatable bonds is 2. The Balaban J connectivity index is 0.00000343. The molecule has 6 heterocycles. The summed E-state index contributed by atoms with van der Waals surface area (Å²) < 4.78 is 52.1. The summed E-state index contributed by atoms with van der Waals surface area (Å²) in [6.07, 6.45) is -5.20. The summed E-state index contributed by atoms with van der Waals surface area (Å²) in [5, 5.41) is 22.5. The number of imidazole rings is 2. The van der Waals surface area contributed by atoms with E-state index in [-0.39, 0.29) is 19.5 Å². The van der Waals surface area contributed by atoms with Crippen molar-refractivity contribution in [2.45, 2.75) is 49.1 Å². The van der Waals surface area contributed by atoms with E-state index < -0.39 is 77.4 Å². The van der Waals surface area contributed by atoms with Crippen molar-refractivity contribution in [1.29, 1.82) is 0 Å². The van der Waals surface area contributed by atoms with Crippen molar-refractivity contribution in [3.8, 4) is 0 Å². The fourth-order valence-corrected chi connectivity index (χ4v) is 7.46. The molecule has 0 aliphatic carbocycles. The van der Waals surface area contributed by atoms with E-state index in [0.29, 0.717) is 16.6 Å². The van der Waals surface area contributed by atoms with E-state index in [1.807, 2.05) is 24.3 Å². The van der Waals surface area contributed by atoms with Crippen LogP contribution in [0.1, 0.15) is 13.9 Å². The molecule has 3 aromatic heterocycles. The number of nitrogens with two attached hydrogens (primary N) is 1. The second kappa shape index (κ2) is 10.9. The lowest BCUT2D eigenvalue weighted by Crippen LogP contribution is -2.36. The number of fused-ring (bicyclic) bond motifs is 5. The van der Waals surface area contributed by atoms with Gasteiger partial charge < -0.3 is 53.0 Å². The molecular formula is C22H28BN7O10P2S. The summed E-state index contributed by atoms with van der Waals surface area (Å²) in [4.78, 5) is 27.8. The standard InChI is InChI=1S/C22H27BN7O10P2S/c23-41(33)35-5-12-15(31)18(22(37-12)30-9-28-14-19(24)25-7-26-20(14)30)40-42(34,43)36-6-13-17(39-41)16(32)21(38-13)29-8-27-10-3-1-2-4-11(10)29/h1-4,7-9,12-13,15-18,21-22,31-32H,5-6H2,23H3,(H,34,43)(H2,24,25,26)/q-1/p+1/t12-,13-,15?,16?,17+,18+,21-,22-,41?,42?/m1/s1. The molecule has 3 aliphatic heterocycles. The Morgan fingerprint density at radius 3 is 2.53 bits per heavy atom. The molecule has 230 valence electrons. The van der Waals surface area contributed by atoms with Gasteiger partial charge in [-0.25, -0.2) is 19.9 Å². The van der Waals surface area contributed by atoms with Crippen molar-refractivity contribution in [1.82, 2.24) is 29.1 Å². The third-order valence-corrected chi connectivity index (χ3v) is 9.58. The quantitative estimate of drug-likeness (QED) is 0.159. The highest BCUT2D eigenvalue weighted by Crippen LogP contribution is 2.53. The molecule has 3 aliphatic rings. The maximum atomic E-state index is 13.6. The van der Waals surface area contributed by atoms with Crippen LogP contribution >= 0.6 is 14.2 Å². The van der Waals surface area contributed by atoms with Gasteiger partial charge in [0.25, 0.3) is 0 Å². The zero-order chi connectivity index (χ0) is 30.1. The number of aliphatic hydroxyl groups is 2. The van der Waals surface area contributed by atoms with Crippen molar-refractivity contribution in [2.24, 2.45) is 0 Å². The normalized spacial score (nSPS) is 38.9. The van der Waals surface area contributed by atoms with Crippen LogP contribution in [0.25, 0.3) is 22.2 Å². The zero-order valence-electron chi connectivity index (χ0n) is 22.3. The van der Waals surface area contributed by atoms with Crippen molar-refractivity contribution in [3.05, 3.63) is 43.2 Å². The molecule has 0 spiro atoms. The summed E-state index contributed by atoms with van der Waals surface area (Å²) in [6, 6.07) is 7.29. The summed E-state index contributed by atoms with van der Waals surface area (Å²) >= 11 is 5.32. The Morgan fingerprint density at radius 2 is 1.70 bits per heavy atom. The predicted octanol–water partition coefficient (Wildman–Crippen LogP) is -0.405. The molecule has 4 unspecified atom stereocenters. The third-order valence-electron chi connectivity index (χ3n) is 7.25. The Bertz CT molecular complexity index is 1790. The van der Waals surface area contributed by atoms with Crippen molar-refractivity contribution < 1.29 is 48.7 Å². The molecule has 10 atom stereocenters.